The minimum absolute atomic E-state index is 0.00862. The van der Waals surface area contributed by atoms with Crippen molar-refractivity contribution in [3.05, 3.63) is 0 Å². The summed E-state index contributed by atoms with van der Waals surface area (Å²) in [5, 5.41) is 101. The van der Waals surface area contributed by atoms with Gasteiger partial charge in [-0.05, 0) is 52.4 Å². The summed E-state index contributed by atoms with van der Waals surface area (Å²) in [7, 11) is 0. The number of Topliss-reactive ketones (excluding diaryl/α,β-unsaturated/α-hetero) is 1. The van der Waals surface area contributed by atoms with E-state index in [1.54, 1.807) is 20.8 Å². The van der Waals surface area contributed by atoms with Crippen LogP contribution in [0.25, 0.3) is 0 Å². The van der Waals surface area contributed by atoms with E-state index in [1.165, 1.54) is 0 Å². The Morgan fingerprint density at radius 3 is 1.19 bits per heavy atom. The first-order valence-corrected chi connectivity index (χ1v) is 29.4. The average molecular weight is 1200 g/mol. The fourth-order valence-electron chi connectivity index (χ4n) is 9.18. The molecule has 13 N–H and O–H groups in total. The molecule has 0 aromatic heterocycles. The zero-order valence-corrected chi connectivity index (χ0v) is 49.2. The van der Waals surface area contributed by atoms with Crippen LogP contribution in [0, 0.1) is 17.8 Å². The van der Waals surface area contributed by atoms with Gasteiger partial charge in [0.15, 0.2) is 18.9 Å². The predicted octanol–water partition coefficient (Wildman–Crippen LogP) is -2.81. The second-order valence-electron chi connectivity index (χ2n) is 21.9. The number of amides is 4. The molecule has 0 aliphatic carbocycles. The van der Waals surface area contributed by atoms with Crippen LogP contribution >= 0.6 is 0 Å². The van der Waals surface area contributed by atoms with Crippen molar-refractivity contribution in [3.63, 3.8) is 0 Å². The molecule has 3 aliphatic heterocycles. The number of ketones is 1. The van der Waals surface area contributed by atoms with Crippen molar-refractivity contribution in [2.24, 2.45) is 17.8 Å². The molecule has 6 unspecified atom stereocenters. The molecule has 15 atom stereocenters. The maximum atomic E-state index is 13.7. The summed E-state index contributed by atoms with van der Waals surface area (Å²) < 4.78 is 57.6. The minimum atomic E-state index is -1.43. The molecule has 3 fully saturated rings. The molecule has 0 saturated carbocycles. The molecular formula is C55H100N4O24. The summed E-state index contributed by atoms with van der Waals surface area (Å²) in [6.07, 6.45) is -10.4. The van der Waals surface area contributed by atoms with Crippen molar-refractivity contribution in [3.8, 4) is 0 Å². The summed E-state index contributed by atoms with van der Waals surface area (Å²) in [6.45, 7) is 8.03. The molecule has 28 nitrogen and oxygen atoms in total. The molecule has 4 amide bonds. The summed E-state index contributed by atoms with van der Waals surface area (Å²) in [5.74, 6) is -3.27. The topological polar surface area (TPSA) is 408 Å². The first-order valence-electron chi connectivity index (χ1n) is 29.4. The Bertz CT molecular complexity index is 1660. The van der Waals surface area contributed by atoms with Crippen molar-refractivity contribution in [2.45, 2.75) is 197 Å². The van der Waals surface area contributed by atoms with Gasteiger partial charge in [-0.3, -0.25) is 24.0 Å². The lowest BCUT2D eigenvalue weighted by molar-refractivity contribution is -0.282. The lowest BCUT2D eigenvalue weighted by Gasteiger charge is -2.40. The standard InChI is InChI=1S/C55H100N4O24/c1-34(2)77-22-9-18-56-42(64)13-8-14-45(67)59-55(31-74-25-15-38(63)12-6-7-21-78-52-35(3)46(68)49(71)39(28-60)81-52,32-75-26-16-43(65)57-19-10-23-79-53-36(4)47(69)50(72)40(29-61)82-53)33-76-27-17-44(66)58-20-11-24-80-54-37(5)48(70)51(73)41(30-62)83-54/h34-37,39-41,46-54,60-62,68-73H,6-33H2,1-5H3,(H,56,64)(H,57,65)(H,58,66)(H,59,67)/t35?,36?,37?,39?,40?,41?,46-,47-,48-,49+,50+,51+,52-,53-,54-,55?/m1/s1. The van der Waals surface area contributed by atoms with Gasteiger partial charge in [-0.25, -0.2) is 0 Å². The van der Waals surface area contributed by atoms with E-state index in [0.717, 1.165) is 0 Å². The summed E-state index contributed by atoms with van der Waals surface area (Å²) in [6, 6.07) is 0. The fourth-order valence-corrected chi connectivity index (χ4v) is 9.18. The third kappa shape index (κ3) is 27.6. The predicted molar refractivity (Wildman–Crippen MR) is 292 cm³/mol. The summed E-state index contributed by atoms with van der Waals surface area (Å²) in [5.41, 5.74) is -1.43. The van der Waals surface area contributed by atoms with Crippen LogP contribution in [0.4, 0.5) is 0 Å². The molecule has 3 rings (SSSR count). The van der Waals surface area contributed by atoms with Crippen LogP contribution in [0.2, 0.25) is 0 Å². The Labute approximate surface area is 487 Å². The molecule has 0 aromatic rings. The number of aliphatic hydroxyl groups excluding tert-OH is 9. The lowest BCUT2D eigenvalue weighted by Crippen LogP contribution is -2.58. The van der Waals surface area contributed by atoms with E-state index >= 15 is 0 Å². The smallest absolute Gasteiger partial charge is 0.222 e. The first kappa shape index (κ1) is 74.0. The van der Waals surface area contributed by atoms with Crippen molar-refractivity contribution in [2.75, 3.05) is 106 Å². The molecule has 0 bridgehead atoms. The molecule has 83 heavy (non-hydrogen) atoms. The SMILES string of the molecule is CC(C)OCCCNC(=O)CCCC(=O)NC(COCCC(=O)CCCCO[C@@H]1OC(CO)[C@H](O)[C@H](O)C1C)(COCCC(=O)NCCCO[C@@H]1OC(CO)[C@H](O)[C@H](O)C1C)COCCC(=O)NCCCO[C@@H]1OC(CO)[C@H](O)[C@H](O)C1C. The highest BCUT2D eigenvalue weighted by Gasteiger charge is 2.45. The molecule has 0 radical (unpaired) electrons. The number of carbonyl (C=O) groups is 5. The highest BCUT2D eigenvalue weighted by atomic mass is 16.7. The van der Waals surface area contributed by atoms with Crippen LogP contribution in [0.1, 0.15) is 112 Å². The van der Waals surface area contributed by atoms with Gasteiger partial charge >= 0.3 is 0 Å². The summed E-state index contributed by atoms with van der Waals surface area (Å²) in [4.78, 5) is 65.2. The van der Waals surface area contributed by atoms with Gasteiger partial charge in [-0.15, -0.1) is 0 Å². The van der Waals surface area contributed by atoms with E-state index in [9.17, 15) is 69.9 Å². The Hall–Kier alpha value is -3.21. The summed E-state index contributed by atoms with van der Waals surface area (Å²) >= 11 is 0. The number of hydrogen-bond donors (Lipinski definition) is 13. The van der Waals surface area contributed by atoms with Gasteiger partial charge < -0.3 is 115 Å². The minimum Gasteiger partial charge on any atom is -0.394 e. The van der Waals surface area contributed by atoms with Crippen molar-refractivity contribution < 1.29 is 117 Å². The Morgan fingerprint density at radius 2 is 0.795 bits per heavy atom. The molecule has 3 saturated heterocycles. The molecule has 0 spiro atoms. The Balaban J connectivity index is 1.60. The van der Waals surface area contributed by atoms with Gasteiger partial charge in [0, 0.05) is 89.1 Å². The van der Waals surface area contributed by atoms with E-state index in [0.29, 0.717) is 45.3 Å². The maximum Gasteiger partial charge on any atom is 0.222 e. The largest absolute Gasteiger partial charge is 0.394 e. The van der Waals surface area contributed by atoms with Gasteiger partial charge in [-0.2, -0.15) is 0 Å². The number of carbonyl (C=O) groups excluding carboxylic acids is 5. The fraction of sp³-hybridized carbons (Fsp3) is 0.909. The Morgan fingerprint density at radius 1 is 0.434 bits per heavy atom. The Kier molecular flexibility index (Phi) is 36.6. The van der Waals surface area contributed by atoms with Crippen molar-refractivity contribution >= 4 is 29.4 Å². The quantitative estimate of drug-likeness (QED) is 0.0274. The van der Waals surface area contributed by atoms with Gasteiger partial charge in [0.05, 0.1) is 97.1 Å². The highest BCUT2D eigenvalue weighted by Crippen LogP contribution is 2.29. The van der Waals surface area contributed by atoms with Crippen LogP contribution < -0.4 is 21.3 Å². The highest BCUT2D eigenvalue weighted by molar-refractivity contribution is 5.80. The van der Waals surface area contributed by atoms with Gasteiger partial charge in [0.2, 0.25) is 23.6 Å². The molecule has 0 aromatic carbocycles. The molecular weight excluding hydrogens is 1100 g/mol. The zero-order chi connectivity index (χ0) is 61.3. The second kappa shape index (κ2) is 41.0. The van der Waals surface area contributed by atoms with E-state index in [1.807, 2.05) is 13.8 Å². The third-order valence-corrected chi connectivity index (χ3v) is 14.5. The van der Waals surface area contributed by atoms with Gasteiger partial charge in [0.25, 0.3) is 0 Å². The number of hydrogen-bond acceptors (Lipinski definition) is 24. The van der Waals surface area contributed by atoms with Crippen molar-refractivity contribution in [1.29, 1.82) is 0 Å². The van der Waals surface area contributed by atoms with Crippen LogP contribution in [0.15, 0.2) is 0 Å². The first-order chi connectivity index (χ1) is 39.7. The molecule has 3 heterocycles. The average Bonchev–Trinajstić information content (AvgIpc) is 3.67. The normalized spacial score (nSPS) is 29.0. The van der Waals surface area contributed by atoms with E-state index < -0.39 is 123 Å². The number of aliphatic hydroxyl groups is 9. The maximum absolute atomic E-state index is 13.7. The van der Waals surface area contributed by atoms with E-state index in [4.69, 9.17) is 47.4 Å². The zero-order valence-electron chi connectivity index (χ0n) is 49.2. The van der Waals surface area contributed by atoms with Gasteiger partial charge in [0.1, 0.15) is 47.9 Å². The number of unbranched alkanes of at least 4 members (excludes halogenated alkanes) is 1. The molecule has 28 heteroatoms. The van der Waals surface area contributed by atoms with Crippen LogP contribution in [-0.4, -0.2) is 266 Å². The number of nitrogens with one attached hydrogen (secondary N) is 4. The van der Waals surface area contributed by atoms with Crippen LogP contribution in [0.5, 0.6) is 0 Å². The lowest BCUT2D eigenvalue weighted by atomic mass is 9.92. The number of rotatable bonds is 44. The van der Waals surface area contributed by atoms with Gasteiger partial charge in [-0.1, -0.05) is 20.8 Å². The van der Waals surface area contributed by atoms with E-state index in [-0.39, 0.29) is 147 Å². The second-order valence-corrected chi connectivity index (χ2v) is 21.9. The van der Waals surface area contributed by atoms with Crippen molar-refractivity contribution in [1.82, 2.24) is 21.3 Å². The molecule has 3 aliphatic rings. The van der Waals surface area contributed by atoms with E-state index in [2.05, 4.69) is 21.3 Å². The number of ether oxygens (including phenoxy) is 10. The monoisotopic (exact) mass is 1200 g/mol. The third-order valence-electron chi connectivity index (χ3n) is 14.5. The van der Waals surface area contributed by atoms with Crippen LogP contribution in [0.3, 0.4) is 0 Å². The molecule has 484 valence electrons. The van der Waals surface area contributed by atoms with Crippen LogP contribution in [-0.2, 0) is 71.3 Å².